The number of rotatable bonds is 7. The smallest absolute Gasteiger partial charge is 0.268 e. The van der Waals surface area contributed by atoms with Gasteiger partial charge in [-0.15, -0.1) is 11.3 Å². The number of fused-ring (bicyclic) bond motifs is 1. The van der Waals surface area contributed by atoms with Gasteiger partial charge >= 0.3 is 0 Å². The minimum Gasteiger partial charge on any atom is -0.443 e. The van der Waals surface area contributed by atoms with Crippen molar-refractivity contribution in [3.8, 4) is 10.6 Å². The number of likely N-dealkylation sites (tertiary alicyclic amines) is 1. The Balaban J connectivity index is 1.50. The molecular weight excluding hydrogens is 528 g/mol. The van der Waals surface area contributed by atoms with Crippen LogP contribution in [0.25, 0.3) is 21.7 Å². The van der Waals surface area contributed by atoms with Crippen molar-refractivity contribution in [2.45, 2.75) is 39.2 Å². The van der Waals surface area contributed by atoms with Crippen LogP contribution in [0.2, 0.25) is 0 Å². The van der Waals surface area contributed by atoms with Gasteiger partial charge in [0.2, 0.25) is 17.8 Å². The highest BCUT2D eigenvalue weighted by molar-refractivity contribution is 7.17. The first-order valence-corrected chi connectivity index (χ1v) is 14.1. The predicted molar refractivity (Wildman–Crippen MR) is 155 cm³/mol. The molecule has 0 saturated carbocycles. The minimum atomic E-state index is -0.281. The molecule has 1 fully saturated rings. The summed E-state index contributed by atoms with van der Waals surface area (Å²) in [6.07, 6.45) is 6.65. The zero-order valence-electron chi connectivity index (χ0n) is 22.8. The maximum atomic E-state index is 13.4. The highest BCUT2D eigenvalue weighted by Gasteiger charge is 2.26. The summed E-state index contributed by atoms with van der Waals surface area (Å²) in [4.78, 5) is 51.8. The number of benzene rings is 1. The molecule has 0 unspecified atom stereocenters. The third kappa shape index (κ3) is 5.42. The van der Waals surface area contributed by atoms with Gasteiger partial charge in [0.05, 0.1) is 27.0 Å². The van der Waals surface area contributed by atoms with Gasteiger partial charge < -0.3 is 18.8 Å². The van der Waals surface area contributed by atoms with Crippen molar-refractivity contribution in [2.24, 2.45) is 5.92 Å². The highest BCUT2D eigenvalue weighted by Crippen LogP contribution is 2.34. The standard InChI is InChI=1S/C29H32N6O4S/c1-5-26(36)34-13-6-7-19(12-14-34)35-22-9-8-20(33(4)28(38)18(2)3)15-21(22)31-29(35)32-27(37)25-11-10-24(40-25)23-16-30-17-39-23/h5,8-11,15-19H,1,6-7,12-14H2,2-4H3,(H,31,32,37)/t19-/m1/s1. The number of hydrogen-bond donors (Lipinski definition) is 1. The third-order valence-corrected chi connectivity index (χ3v) is 8.26. The average Bonchev–Trinajstić information content (AvgIpc) is 3.69. The number of hydrogen-bond acceptors (Lipinski definition) is 7. The molecule has 40 heavy (non-hydrogen) atoms. The van der Waals surface area contributed by atoms with E-state index in [4.69, 9.17) is 9.40 Å². The Morgan fingerprint density at radius 1 is 1.20 bits per heavy atom. The Labute approximate surface area is 236 Å². The fourth-order valence-corrected chi connectivity index (χ4v) is 5.90. The average molecular weight is 561 g/mol. The molecule has 3 amide bonds. The molecule has 4 aromatic rings. The molecule has 1 aliphatic rings. The number of carbonyl (C=O) groups is 3. The van der Waals surface area contributed by atoms with Crippen LogP contribution in [-0.2, 0) is 9.59 Å². The Morgan fingerprint density at radius 2 is 2.02 bits per heavy atom. The van der Waals surface area contributed by atoms with E-state index >= 15 is 0 Å². The molecule has 208 valence electrons. The van der Waals surface area contributed by atoms with E-state index in [0.29, 0.717) is 41.6 Å². The van der Waals surface area contributed by atoms with Gasteiger partial charge in [-0.3, -0.25) is 19.7 Å². The summed E-state index contributed by atoms with van der Waals surface area (Å²) >= 11 is 1.31. The number of oxazole rings is 1. The molecule has 0 aliphatic carbocycles. The molecule has 10 nitrogen and oxygen atoms in total. The second-order valence-corrected chi connectivity index (χ2v) is 11.2. The zero-order valence-corrected chi connectivity index (χ0v) is 23.6. The van der Waals surface area contributed by atoms with Gasteiger partial charge in [-0.1, -0.05) is 20.4 Å². The molecule has 0 bridgehead atoms. The normalized spacial score (nSPS) is 15.7. The SMILES string of the molecule is C=CC(=O)N1CCC[C@@H](n2c(NC(=O)c3ccc(-c4cnco4)s3)nc3cc(N(C)C(=O)C(C)C)ccc32)CC1. The van der Waals surface area contributed by atoms with Crippen LogP contribution in [0.5, 0.6) is 0 Å². The molecule has 1 saturated heterocycles. The summed E-state index contributed by atoms with van der Waals surface area (Å²) in [5, 5.41) is 3.03. The van der Waals surface area contributed by atoms with Crippen molar-refractivity contribution in [3.63, 3.8) is 0 Å². The van der Waals surface area contributed by atoms with E-state index < -0.39 is 0 Å². The monoisotopic (exact) mass is 560 g/mol. The van der Waals surface area contributed by atoms with Crippen LogP contribution in [0, 0.1) is 5.92 Å². The van der Waals surface area contributed by atoms with Crippen molar-refractivity contribution >= 4 is 51.7 Å². The molecule has 1 aliphatic heterocycles. The predicted octanol–water partition coefficient (Wildman–Crippen LogP) is 5.36. The van der Waals surface area contributed by atoms with E-state index in [1.54, 1.807) is 24.2 Å². The summed E-state index contributed by atoms with van der Waals surface area (Å²) in [6, 6.07) is 9.31. The highest BCUT2D eigenvalue weighted by atomic mass is 32.1. The lowest BCUT2D eigenvalue weighted by Gasteiger charge is -2.22. The third-order valence-electron chi connectivity index (χ3n) is 7.16. The Morgan fingerprint density at radius 3 is 2.75 bits per heavy atom. The number of imidazole rings is 1. The molecular formula is C29H32N6O4S. The molecule has 4 heterocycles. The van der Waals surface area contributed by atoms with E-state index in [2.05, 4.69) is 21.4 Å². The van der Waals surface area contributed by atoms with Gasteiger partial charge in [0, 0.05) is 37.8 Å². The maximum Gasteiger partial charge on any atom is 0.268 e. The molecule has 1 atom stereocenters. The number of nitrogens with zero attached hydrogens (tertiary/aromatic N) is 5. The Bertz CT molecular complexity index is 1550. The van der Waals surface area contributed by atoms with Crippen LogP contribution in [-0.4, -0.2) is 57.3 Å². The fraction of sp³-hybridized carbons (Fsp3) is 0.345. The van der Waals surface area contributed by atoms with Gasteiger partial charge in [-0.25, -0.2) is 9.97 Å². The van der Waals surface area contributed by atoms with Crippen LogP contribution in [0.4, 0.5) is 11.6 Å². The van der Waals surface area contributed by atoms with Gasteiger partial charge in [-0.2, -0.15) is 0 Å². The van der Waals surface area contributed by atoms with Crippen LogP contribution in [0.15, 0.2) is 60.0 Å². The topological polar surface area (TPSA) is 114 Å². The van der Waals surface area contributed by atoms with Crippen LogP contribution < -0.4 is 10.2 Å². The summed E-state index contributed by atoms with van der Waals surface area (Å²) in [5.74, 6) is 0.527. The second kappa shape index (κ2) is 11.5. The van der Waals surface area contributed by atoms with E-state index in [9.17, 15) is 14.4 Å². The maximum absolute atomic E-state index is 13.4. The minimum absolute atomic E-state index is 0.00307. The first kappa shape index (κ1) is 27.3. The van der Waals surface area contributed by atoms with Crippen LogP contribution in [0.1, 0.15) is 48.8 Å². The Hall–Kier alpha value is -4.25. The van der Waals surface area contributed by atoms with Crippen molar-refractivity contribution in [3.05, 3.63) is 60.5 Å². The van der Waals surface area contributed by atoms with Crippen LogP contribution in [0.3, 0.4) is 0 Å². The van der Waals surface area contributed by atoms with Crippen molar-refractivity contribution < 1.29 is 18.8 Å². The summed E-state index contributed by atoms with van der Waals surface area (Å²) in [7, 11) is 1.75. The molecule has 0 spiro atoms. The Kier molecular flexibility index (Phi) is 7.83. The lowest BCUT2D eigenvalue weighted by Crippen LogP contribution is -2.30. The van der Waals surface area contributed by atoms with Crippen molar-refractivity contribution in [1.29, 1.82) is 0 Å². The summed E-state index contributed by atoms with van der Waals surface area (Å²) in [5.41, 5.74) is 2.26. The van der Waals surface area contributed by atoms with Gasteiger partial charge in [-0.05, 0) is 55.7 Å². The fourth-order valence-electron chi connectivity index (χ4n) is 5.05. The molecule has 5 rings (SSSR count). The number of carbonyl (C=O) groups excluding carboxylic acids is 3. The quantitative estimate of drug-likeness (QED) is 0.304. The largest absolute Gasteiger partial charge is 0.443 e. The first-order valence-electron chi connectivity index (χ1n) is 13.3. The number of nitrogens with one attached hydrogen (secondary N) is 1. The molecule has 1 aromatic carbocycles. The molecule has 1 N–H and O–H groups in total. The number of anilines is 2. The van der Waals surface area contributed by atoms with E-state index in [1.165, 1.54) is 23.8 Å². The lowest BCUT2D eigenvalue weighted by atomic mass is 10.1. The zero-order chi connectivity index (χ0) is 28.4. The second-order valence-electron chi connectivity index (χ2n) is 10.1. The van der Waals surface area contributed by atoms with Crippen molar-refractivity contribution in [2.75, 3.05) is 30.4 Å². The van der Waals surface area contributed by atoms with Gasteiger partial charge in [0.25, 0.3) is 5.91 Å². The summed E-state index contributed by atoms with van der Waals surface area (Å²) < 4.78 is 7.43. The van der Waals surface area contributed by atoms with Gasteiger partial charge in [0.1, 0.15) is 0 Å². The van der Waals surface area contributed by atoms with Crippen LogP contribution >= 0.6 is 11.3 Å². The molecule has 11 heteroatoms. The van der Waals surface area contributed by atoms with Gasteiger partial charge in [0.15, 0.2) is 12.2 Å². The van der Waals surface area contributed by atoms with E-state index in [-0.39, 0.29) is 29.7 Å². The number of amides is 3. The number of thiophene rings is 1. The molecule has 3 aromatic heterocycles. The first-order chi connectivity index (χ1) is 19.3. The van der Waals surface area contributed by atoms with E-state index in [0.717, 1.165) is 28.9 Å². The lowest BCUT2D eigenvalue weighted by molar-refractivity contribution is -0.126. The van der Waals surface area contributed by atoms with E-state index in [1.807, 2.05) is 43.0 Å². The molecule has 0 radical (unpaired) electrons. The van der Waals surface area contributed by atoms with Crippen molar-refractivity contribution in [1.82, 2.24) is 19.4 Å². The summed E-state index contributed by atoms with van der Waals surface area (Å²) in [6.45, 7) is 8.59. The number of aromatic nitrogens is 3.